The zero-order chi connectivity index (χ0) is 54.2. The van der Waals surface area contributed by atoms with Crippen LogP contribution in [0.2, 0.25) is 10.0 Å². The Bertz CT molecular complexity index is 2970. The molecule has 0 fully saturated rings. The fourth-order valence-electron chi connectivity index (χ4n) is 8.76. The third-order valence-electron chi connectivity index (χ3n) is 12.4. The molecule has 76 heavy (non-hydrogen) atoms. The average Bonchev–Trinajstić information content (AvgIpc) is 3.40. The van der Waals surface area contributed by atoms with Gasteiger partial charge in [0.25, 0.3) is 0 Å². The molecule has 4 aromatic carbocycles. The number of hydrogen-bond acceptors (Lipinski definition) is 12. The second kappa shape index (κ2) is 28.3. The fourth-order valence-corrected chi connectivity index (χ4v) is 12.0. The maximum absolute atomic E-state index is 12.9. The van der Waals surface area contributed by atoms with E-state index >= 15 is 0 Å². The lowest BCUT2D eigenvalue weighted by Crippen LogP contribution is -2.34. The molecule has 0 saturated carbocycles. The van der Waals surface area contributed by atoms with E-state index in [1.807, 2.05) is 38.4 Å². The molecule has 6 N–H and O–H groups in total. The molecule has 7 rings (SSSR count). The molecular weight excluding hydrogens is 1100 g/mol. The highest BCUT2D eigenvalue weighted by Crippen LogP contribution is 2.41. The van der Waals surface area contributed by atoms with E-state index in [2.05, 4.69) is 40.5 Å². The quantitative estimate of drug-likeness (QED) is 0.0339. The lowest BCUT2D eigenvalue weighted by atomic mass is 9.84. The molecule has 2 unspecified atom stereocenters. The number of rotatable bonds is 26. The Hall–Kier alpha value is -4.62. The van der Waals surface area contributed by atoms with Gasteiger partial charge in [-0.3, -0.25) is 0 Å². The van der Waals surface area contributed by atoms with E-state index in [-0.39, 0.29) is 101 Å². The summed E-state index contributed by atoms with van der Waals surface area (Å²) < 4.78 is 79.0. The van der Waals surface area contributed by atoms with Crippen molar-refractivity contribution in [3.63, 3.8) is 0 Å². The van der Waals surface area contributed by atoms with Gasteiger partial charge in [-0.1, -0.05) is 70.7 Å². The molecule has 2 aliphatic heterocycles. The van der Waals surface area contributed by atoms with Crippen LogP contribution in [-0.4, -0.2) is 151 Å². The Kier molecular flexibility index (Phi) is 22.0. The van der Waals surface area contributed by atoms with Gasteiger partial charge in [0.15, 0.2) is 0 Å². The zero-order valence-electron chi connectivity index (χ0n) is 42.0. The number of nitrogens with one attached hydrogen (secondary N) is 6. The van der Waals surface area contributed by atoms with E-state index in [9.17, 15) is 26.4 Å². The summed E-state index contributed by atoms with van der Waals surface area (Å²) >= 11 is 25.7. The van der Waals surface area contributed by atoms with Crippen LogP contribution in [-0.2, 0) is 45.5 Å². The lowest BCUT2D eigenvalue weighted by molar-refractivity contribution is 0.0517. The molecule has 0 aromatic heterocycles. The summed E-state index contributed by atoms with van der Waals surface area (Å²) in [6.45, 7) is 5.21. The molecule has 24 heteroatoms. The minimum Gasteiger partial charge on any atom is -0.378 e. The predicted octanol–water partition coefficient (Wildman–Crippen LogP) is 7.41. The number of halogens is 4. The van der Waals surface area contributed by atoms with Crippen LogP contribution < -0.4 is 30.7 Å². The Morgan fingerprint density at radius 3 is 1.58 bits per heavy atom. The minimum atomic E-state index is -3.76. The minimum absolute atomic E-state index is 0.00620. The molecule has 2 atom stereocenters. The van der Waals surface area contributed by atoms with Gasteiger partial charge in [-0.05, 0) is 120 Å². The Morgan fingerprint density at radius 2 is 1.05 bits per heavy atom. The third kappa shape index (κ3) is 17.2. The normalized spacial score (nSPS) is 17.1. The summed E-state index contributed by atoms with van der Waals surface area (Å²) in [6.07, 6.45) is 3.70. The number of amides is 4. The maximum atomic E-state index is 12.9. The molecule has 0 saturated heterocycles. The number of allylic oxidation sites excluding steroid dienone is 3. The van der Waals surface area contributed by atoms with Crippen molar-refractivity contribution in [1.29, 1.82) is 0 Å². The monoisotopic (exact) mass is 1160 g/mol. The lowest BCUT2D eigenvalue weighted by Gasteiger charge is -2.35. The van der Waals surface area contributed by atoms with Crippen molar-refractivity contribution in [3.8, 4) is 0 Å². The molecule has 18 nitrogen and oxygen atoms in total. The van der Waals surface area contributed by atoms with Crippen LogP contribution in [0.3, 0.4) is 0 Å². The fraction of sp³-hybridized carbons (Fsp3) is 0.385. The highest BCUT2D eigenvalue weighted by atomic mass is 35.5. The first kappa shape index (κ1) is 59.0. The zero-order valence-corrected chi connectivity index (χ0v) is 46.7. The van der Waals surface area contributed by atoms with Crippen molar-refractivity contribution >= 4 is 95.5 Å². The topological polar surface area (TPSA) is 218 Å². The smallest absolute Gasteiger partial charge is 0.319 e. The molecule has 1 aliphatic carbocycles. The van der Waals surface area contributed by atoms with Crippen molar-refractivity contribution in [2.45, 2.75) is 22.3 Å². The van der Waals surface area contributed by atoms with Gasteiger partial charge in [-0.2, -0.15) is 0 Å². The summed E-state index contributed by atoms with van der Waals surface area (Å²) in [5.41, 5.74) is 7.04. The van der Waals surface area contributed by atoms with Gasteiger partial charge in [0, 0.05) is 95.7 Å². The number of sulfonamides is 2. The van der Waals surface area contributed by atoms with Crippen LogP contribution in [0.5, 0.6) is 0 Å². The number of likely N-dealkylation sites (N-methyl/N-ethyl adjacent to an activating group) is 2. The van der Waals surface area contributed by atoms with E-state index in [0.717, 1.165) is 46.5 Å². The summed E-state index contributed by atoms with van der Waals surface area (Å²) in [7, 11) is -3.49. The number of urea groups is 2. The van der Waals surface area contributed by atoms with Crippen molar-refractivity contribution in [2.75, 3.05) is 123 Å². The molecule has 410 valence electrons. The summed E-state index contributed by atoms with van der Waals surface area (Å²) in [4.78, 5) is 29.4. The first-order chi connectivity index (χ1) is 36.5. The van der Waals surface area contributed by atoms with Gasteiger partial charge in [-0.15, -0.1) is 0 Å². The SMILES string of the molecule is CN1CC(c2ccc(S(=O)(=O)NCCOCCOCCNC(=O)Nc3ccc(NC(=O)NCCOCCOCCNS(=O)(=O)c4ccc(C5CN(C)Cc6c(Cl)cc(Cl)cc65)cc4)cc3)cc2)=C2C=C(Cl)C=C(Cl)C2C1. The van der Waals surface area contributed by atoms with E-state index < -0.39 is 32.1 Å². The van der Waals surface area contributed by atoms with E-state index in [4.69, 9.17) is 65.4 Å². The van der Waals surface area contributed by atoms with E-state index in [1.54, 1.807) is 72.8 Å². The van der Waals surface area contributed by atoms with Crippen LogP contribution in [0.1, 0.15) is 28.2 Å². The number of hydrogen-bond donors (Lipinski definition) is 6. The Balaban J connectivity index is 0.669. The summed E-state index contributed by atoms with van der Waals surface area (Å²) in [6, 6.07) is 22.9. The molecule has 0 radical (unpaired) electrons. The number of anilines is 2. The number of nitrogens with zero attached hydrogens (tertiary/aromatic N) is 2. The van der Waals surface area contributed by atoms with Crippen molar-refractivity contribution in [2.24, 2.45) is 5.92 Å². The number of carbonyl (C=O) groups is 2. The largest absolute Gasteiger partial charge is 0.378 e. The standard InChI is InChI=1S/C52H62Cl4N8O10S2/c1-63-31-45(43-27-37(53)29-49(55)47(43)33-63)35-3-11-41(12-4-35)75(67,68)59-17-21-73-25-23-71-19-15-57-51(65)61-39-7-9-40(10-8-39)62-52(66)58-16-20-72-24-26-74-22-18-60-76(69,70)42-13-5-36(6-14-42)46-32-64(2)34-48-44(46)28-38(54)30-50(48)56/h3-14,27-30,45,48,59-60H,15-26,31-34H2,1-2H3,(H2,57,61,65)(H2,58,62,66). The van der Waals surface area contributed by atoms with Crippen molar-refractivity contribution in [1.82, 2.24) is 29.9 Å². The Morgan fingerprint density at radius 1 is 0.579 bits per heavy atom. The second-order valence-corrected chi connectivity index (χ2v) is 23.4. The number of carbonyl (C=O) groups excluding carboxylic acids is 2. The highest BCUT2D eigenvalue weighted by Gasteiger charge is 2.31. The number of fused-ring (bicyclic) bond motifs is 2. The van der Waals surface area contributed by atoms with Crippen LogP contribution in [0.15, 0.2) is 123 Å². The number of benzene rings is 4. The van der Waals surface area contributed by atoms with Gasteiger partial charge in [0.05, 0.1) is 62.6 Å². The molecule has 4 aromatic rings. The van der Waals surface area contributed by atoms with Gasteiger partial charge in [-0.25, -0.2) is 35.9 Å². The van der Waals surface area contributed by atoms with Crippen LogP contribution in [0, 0.1) is 5.92 Å². The van der Waals surface area contributed by atoms with Crippen LogP contribution >= 0.6 is 46.4 Å². The van der Waals surface area contributed by atoms with Crippen molar-refractivity contribution in [3.05, 3.63) is 145 Å². The molecular formula is C52H62Cl4N8O10S2. The molecule has 0 bridgehead atoms. The van der Waals surface area contributed by atoms with Gasteiger partial charge < -0.3 is 50.0 Å². The Labute approximate surface area is 464 Å². The first-order valence-corrected chi connectivity index (χ1v) is 29.0. The average molecular weight is 1170 g/mol. The van der Waals surface area contributed by atoms with Crippen molar-refractivity contribution < 1.29 is 45.4 Å². The van der Waals surface area contributed by atoms with E-state index in [0.29, 0.717) is 44.6 Å². The summed E-state index contributed by atoms with van der Waals surface area (Å²) in [5, 5.41) is 13.2. The third-order valence-corrected chi connectivity index (χ3v) is 16.5. The number of ether oxygens (including phenoxy) is 4. The maximum Gasteiger partial charge on any atom is 0.319 e. The molecule has 0 spiro atoms. The van der Waals surface area contributed by atoms with Gasteiger partial charge in [0.2, 0.25) is 20.0 Å². The molecule has 3 aliphatic rings. The van der Waals surface area contributed by atoms with Gasteiger partial charge >= 0.3 is 12.1 Å². The first-order valence-electron chi connectivity index (χ1n) is 24.5. The second-order valence-electron chi connectivity index (χ2n) is 18.1. The van der Waals surface area contributed by atoms with Crippen LogP contribution in [0.4, 0.5) is 21.0 Å². The summed E-state index contributed by atoms with van der Waals surface area (Å²) in [5.74, 6) is 0.00950. The molecule has 4 amide bonds. The van der Waals surface area contributed by atoms with Crippen LogP contribution in [0.25, 0.3) is 5.57 Å². The predicted molar refractivity (Wildman–Crippen MR) is 297 cm³/mol. The highest BCUT2D eigenvalue weighted by molar-refractivity contribution is 7.89. The van der Waals surface area contributed by atoms with E-state index in [1.165, 1.54) is 0 Å². The molecule has 2 heterocycles. The van der Waals surface area contributed by atoms with Gasteiger partial charge in [0.1, 0.15) is 0 Å².